The summed E-state index contributed by atoms with van der Waals surface area (Å²) in [6.45, 7) is 3.27. The summed E-state index contributed by atoms with van der Waals surface area (Å²) in [5, 5.41) is 2.56. The van der Waals surface area contributed by atoms with Crippen molar-refractivity contribution in [1.82, 2.24) is 10.2 Å². The normalized spacial score (nSPS) is 19.2. The van der Waals surface area contributed by atoms with Crippen LogP contribution in [-0.2, 0) is 4.79 Å². The summed E-state index contributed by atoms with van der Waals surface area (Å²) in [5.41, 5.74) is 0. The number of rotatable bonds is 3. The van der Waals surface area contributed by atoms with Crippen LogP contribution in [0.1, 0.15) is 19.3 Å². The maximum Gasteiger partial charge on any atom is 0.243 e. The highest BCUT2D eigenvalue weighted by molar-refractivity contribution is 5.87. The lowest BCUT2D eigenvalue weighted by molar-refractivity contribution is -0.116. The minimum absolute atomic E-state index is 0.0167. The first-order valence-corrected chi connectivity index (χ1v) is 4.93. The topological polar surface area (TPSA) is 32.3 Å². The van der Waals surface area contributed by atoms with Crippen LogP contribution in [0, 0.1) is 0 Å². The molecule has 1 heterocycles. The van der Waals surface area contributed by atoms with Crippen LogP contribution in [0.2, 0.25) is 0 Å². The monoisotopic (exact) mass is 182 g/mol. The average molecular weight is 182 g/mol. The molecule has 0 aromatic rings. The van der Waals surface area contributed by atoms with E-state index in [-0.39, 0.29) is 5.91 Å². The van der Waals surface area contributed by atoms with Gasteiger partial charge in [-0.2, -0.15) is 0 Å². The summed E-state index contributed by atoms with van der Waals surface area (Å²) in [4.78, 5) is 13.2. The number of amides is 1. The lowest BCUT2D eigenvalue weighted by Gasteiger charge is -2.24. The highest BCUT2D eigenvalue weighted by atomic mass is 16.1. The fourth-order valence-electron chi connectivity index (χ4n) is 1.53. The molecule has 1 amide bonds. The van der Waals surface area contributed by atoms with Crippen molar-refractivity contribution < 1.29 is 4.79 Å². The number of carbonyl (C=O) groups excluding carboxylic acids is 1. The van der Waals surface area contributed by atoms with Crippen molar-refractivity contribution >= 4 is 5.91 Å². The molecule has 1 rings (SSSR count). The summed E-state index contributed by atoms with van der Waals surface area (Å²) < 4.78 is 0. The molecule has 0 aromatic carbocycles. The van der Waals surface area contributed by atoms with E-state index >= 15 is 0 Å². The number of nitrogens with one attached hydrogen (secondary N) is 1. The molecule has 3 nitrogen and oxygen atoms in total. The molecule has 0 aliphatic carbocycles. The summed E-state index contributed by atoms with van der Waals surface area (Å²) in [7, 11) is 1.65. The number of carbonyl (C=O) groups is 1. The van der Waals surface area contributed by atoms with Gasteiger partial charge in [0.25, 0.3) is 0 Å². The summed E-state index contributed by atoms with van der Waals surface area (Å²) >= 11 is 0. The van der Waals surface area contributed by atoms with E-state index in [1.165, 1.54) is 32.4 Å². The maximum absolute atomic E-state index is 10.8. The molecule has 13 heavy (non-hydrogen) atoms. The quantitative estimate of drug-likeness (QED) is 0.654. The van der Waals surface area contributed by atoms with Crippen LogP contribution in [-0.4, -0.2) is 37.5 Å². The molecule has 74 valence electrons. The number of likely N-dealkylation sites (tertiary alicyclic amines) is 1. The van der Waals surface area contributed by atoms with Gasteiger partial charge in [0.15, 0.2) is 0 Å². The van der Waals surface area contributed by atoms with E-state index in [2.05, 4.69) is 10.2 Å². The fourth-order valence-corrected chi connectivity index (χ4v) is 1.53. The molecule has 0 aromatic heterocycles. The molecule has 1 saturated heterocycles. The lowest BCUT2D eigenvalue weighted by Crippen LogP contribution is -2.29. The molecule has 0 bridgehead atoms. The summed E-state index contributed by atoms with van der Waals surface area (Å²) in [6.07, 6.45) is 7.50. The highest BCUT2D eigenvalue weighted by Crippen LogP contribution is 2.07. The molecule has 0 unspecified atom stereocenters. The molecule has 1 fully saturated rings. The third kappa shape index (κ3) is 4.08. The largest absolute Gasteiger partial charge is 0.356 e. The molecule has 0 saturated carbocycles. The Kier molecular flexibility index (Phi) is 4.54. The highest BCUT2D eigenvalue weighted by Gasteiger charge is 2.07. The summed E-state index contributed by atoms with van der Waals surface area (Å²) in [6, 6.07) is 0. The predicted molar refractivity (Wildman–Crippen MR) is 53.5 cm³/mol. The molecule has 1 aliphatic rings. The second-order valence-corrected chi connectivity index (χ2v) is 3.38. The molecule has 1 N–H and O–H groups in total. The van der Waals surface area contributed by atoms with E-state index in [1.807, 2.05) is 6.08 Å². The van der Waals surface area contributed by atoms with Gasteiger partial charge in [0.2, 0.25) is 5.91 Å². The van der Waals surface area contributed by atoms with Crippen molar-refractivity contribution in [3.63, 3.8) is 0 Å². The smallest absolute Gasteiger partial charge is 0.243 e. The standard InChI is InChI=1S/C10H18N2O/c1-11-10(13)6-5-9-12-7-3-2-4-8-12/h5-6H,2-4,7-9H2,1H3,(H,11,13). The van der Waals surface area contributed by atoms with Crippen molar-refractivity contribution in [2.45, 2.75) is 19.3 Å². The molecule has 1 aliphatic heterocycles. The van der Waals surface area contributed by atoms with E-state index in [9.17, 15) is 4.79 Å². The number of likely N-dealkylation sites (N-methyl/N-ethyl adjacent to an activating group) is 1. The fraction of sp³-hybridized carbons (Fsp3) is 0.700. The van der Waals surface area contributed by atoms with Crippen LogP contribution >= 0.6 is 0 Å². The molecular weight excluding hydrogens is 164 g/mol. The van der Waals surface area contributed by atoms with Crippen molar-refractivity contribution in [2.24, 2.45) is 0 Å². The van der Waals surface area contributed by atoms with Crippen LogP contribution in [0.25, 0.3) is 0 Å². The van der Waals surface area contributed by atoms with Crippen LogP contribution in [0.15, 0.2) is 12.2 Å². The average Bonchev–Trinajstić information content (AvgIpc) is 2.19. The Morgan fingerprint density at radius 3 is 2.69 bits per heavy atom. The van der Waals surface area contributed by atoms with Gasteiger partial charge in [-0.3, -0.25) is 9.69 Å². The van der Waals surface area contributed by atoms with Gasteiger partial charge in [-0.15, -0.1) is 0 Å². The number of hydrogen-bond donors (Lipinski definition) is 1. The summed E-state index contributed by atoms with van der Waals surface area (Å²) in [5.74, 6) is -0.0167. The zero-order valence-corrected chi connectivity index (χ0v) is 8.25. The lowest BCUT2D eigenvalue weighted by atomic mass is 10.1. The number of nitrogens with zero attached hydrogens (tertiary/aromatic N) is 1. The zero-order valence-electron chi connectivity index (χ0n) is 8.25. The Bertz CT molecular complexity index is 183. The second-order valence-electron chi connectivity index (χ2n) is 3.38. The Morgan fingerprint density at radius 1 is 1.38 bits per heavy atom. The Balaban J connectivity index is 2.16. The first kappa shape index (κ1) is 10.3. The predicted octanol–water partition coefficient (Wildman–Crippen LogP) is 0.774. The van der Waals surface area contributed by atoms with Crippen molar-refractivity contribution in [1.29, 1.82) is 0 Å². The van der Waals surface area contributed by atoms with E-state index in [0.717, 1.165) is 6.54 Å². The van der Waals surface area contributed by atoms with Crippen molar-refractivity contribution in [3.8, 4) is 0 Å². The Hall–Kier alpha value is -0.830. The minimum atomic E-state index is -0.0167. The maximum atomic E-state index is 10.8. The molecular formula is C10H18N2O. The van der Waals surface area contributed by atoms with Gasteiger partial charge < -0.3 is 5.32 Å². The zero-order chi connectivity index (χ0) is 9.52. The van der Waals surface area contributed by atoms with Gasteiger partial charge in [-0.25, -0.2) is 0 Å². The number of hydrogen-bond acceptors (Lipinski definition) is 2. The van der Waals surface area contributed by atoms with Crippen LogP contribution < -0.4 is 5.32 Å². The van der Waals surface area contributed by atoms with E-state index < -0.39 is 0 Å². The molecule has 0 spiro atoms. The SMILES string of the molecule is CNC(=O)C=CCN1CCCCC1. The number of piperidine rings is 1. The van der Waals surface area contributed by atoms with Crippen molar-refractivity contribution in [3.05, 3.63) is 12.2 Å². The molecule has 0 radical (unpaired) electrons. The first-order valence-electron chi connectivity index (χ1n) is 4.93. The van der Waals surface area contributed by atoms with Crippen LogP contribution in [0.4, 0.5) is 0 Å². The van der Waals surface area contributed by atoms with Crippen LogP contribution in [0.5, 0.6) is 0 Å². The van der Waals surface area contributed by atoms with E-state index in [4.69, 9.17) is 0 Å². The third-order valence-corrected chi connectivity index (χ3v) is 2.33. The Labute approximate surface area is 79.8 Å². The van der Waals surface area contributed by atoms with Gasteiger partial charge in [0.1, 0.15) is 0 Å². The van der Waals surface area contributed by atoms with Gasteiger partial charge in [0.05, 0.1) is 0 Å². The Morgan fingerprint density at radius 2 is 2.08 bits per heavy atom. The molecule has 3 heteroatoms. The van der Waals surface area contributed by atoms with Crippen molar-refractivity contribution in [2.75, 3.05) is 26.7 Å². The van der Waals surface area contributed by atoms with Gasteiger partial charge in [-0.05, 0) is 25.9 Å². The van der Waals surface area contributed by atoms with Crippen LogP contribution in [0.3, 0.4) is 0 Å². The van der Waals surface area contributed by atoms with E-state index in [0.29, 0.717) is 0 Å². The van der Waals surface area contributed by atoms with Gasteiger partial charge in [-0.1, -0.05) is 12.5 Å². The second kappa shape index (κ2) is 5.75. The third-order valence-electron chi connectivity index (χ3n) is 2.33. The van der Waals surface area contributed by atoms with Gasteiger partial charge in [0, 0.05) is 19.7 Å². The first-order chi connectivity index (χ1) is 6.33. The minimum Gasteiger partial charge on any atom is -0.356 e. The van der Waals surface area contributed by atoms with Gasteiger partial charge >= 0.3 is 0 Å². The molecule has 0 atom stereocenters. The van der Waals surface area contributed by atoms with E-state index in [1.54, 1.807) is 13.1 Å².